The summed E-state index contributed by atoms with van der Waals surface area (Å²) in [4.78, 5) is 1.28. The van der Waals surface area contributed by atoms with E-state index in [4.69, 9.17) is 9.47 Å². The molecule has 0 atom stereocenters. The summed E-state index contributed by atoms with van der Waals surface area (Å²) in [5.41, 5.74) is 0. The molecule has 2 rings (SSSR count). The van der Waals surface area contributed by atoms with Gasteiger partial charge in [0.25, 0.3) is 0 Å². The molecule has 4 heteroatoms. The van der Waals surface area contributed by atoms with E-state index in [1.165, 1.54) is 4.90 Å². The number of thioether (sulfide) groups is 1. The first kappa shape index (κ1) is 11.5. The van der Waals surface area contributed by atoms with E-state index in [1.54, 1.807) is 0 Å². The number of hydrogen-bond acceptors (Lipinski definition) is 3. The molecule has 15 heavy (non-hydrogen) atoms. The Labute approximate surface area is 102 Å². The molecule has 0 aromatic heterocycles. The third kappa shape index (κ3) is 3.79. The second-order valence-corrected chi connectivity index (χ2v) is 5.35. The lowest BCUT2D eigenvalue weighted by molar-refractivity contribution is -0.0421. The second-order valence-electron chi connectivity index (χ2n) is 3.27. The van der Waals surface area contributed by atoms with E-state index in [0.717, 1.165) is 29.9 Å². The van der Waals surface area contributed by atoms with Crippen LogP contribution in [-0.2, 0) is 9.47 Å². The summed E-state index contributed by atoms with van der Waals surface area (Å²) in [5, 5.41) is 0. The van der Waals surface area contributed by atoms with Crippen LogP contribution >= 0.6 is 27.7 Å². The summed E-state index contributed by atoms with van der Waals surface area (Å²) in [7, 11) is 0. The molecule has 0 amide bonds. The van der Waals surface area contributed by atoms with Crippen LogP contribution in [0.15, 0.2) is 33.6 Å². The van der Waals surface area contributed by atoms with Crippen LogP contribution in [0.1, 0.15) is 6.42 Å². The Bertz CT molecular complexity index is 313. The first-order chi connectivity index (χ1) is 7.34. The maximum Gasteiger partial charge on any atom is 0.158 e. The number of ether oxygens (including phenoxy) is 2. The van der Waals surface area contributed by atoms with Crippen LogP contribution in [0.5, 0.6) is 0 Å². The van der Waals surface area contributed by atoms with Gasteiger partial charge in [-0.05, 0) is 18.2 Å². The van der Waals surface area contributed by atoms with Gasteiger partial charge in [0, 0.05) is 21.5 Å². The SMILES string of the molecule is Brc1cccc(SCCC2OCCO2)c1. The van der Waals surface area contributed by atoms with Crippen LogP contribution in [0.3, 0.4) is 0 Å². The van der Waals surface area contributed by atoms with Crippen molar-refractivity contribution in [3.8, 4) is 0 Å². The smallest absolute Gasteiger partial charge is 0.158 e. The molecule has 1 aromatic carbocycles. The van der Waals surface area contributed by atoms with Gasteiger partial charge in [-0.3, -0.25) is 0 Å². The Hall–Kier alpha value is -0.0300. The van der Waals surface area contributed by atoms with Crippen molar-refractivity contribution in [2.45, 2.75) is 17.6 Å². The molecule has 0 saturated carbocycles. The molecule has 82 valence electrons. The second kappa shape index (κ2) is 5.89. The summed E-state index contributed by atoms with van der Waals surface area (Å²) in [6.45, 7) is 1.48. The molecule has 0 bridgehead atoms. The highest BCUT2D eigenvalue weighted by molar-refractivity contribution is 9.10. The zero-order chi connectivity index (χ0) is 10.5. The Kier molecular flexibility index (Phi) is 4.50. The third-order valence-corrected chi connectivity index (χ3v) is 3.63. The summed E-state index contributed by atoms with van der Waals surface area (Å²) >= 11 is 5.29. The van der Waals surface area contributed by atoms with Crippen molar-refractivity contribution in [2.75, 3.05) is 19.0 Å². The van der Waals surface area contributed by atoms with Gasteiger partial charge in [-0.1, -0.05) is 22.0 Å². The first-order valence-corrected chi connectivity index (χ1v) is 6.74. The van der Waals surface area contributed by atoms with Crippen molar-refractivity contribution >= 4 is 27.7 Å². The van der Waals surface area contributed by atoms with E-state index in [2.05, 4.69) is 34.1 Å². The van der Waals surface area contributed by atoms with Crippen LogP contribution in [0, 0.1) is 0 Å². The lowest BCUT2D eigenvalue weighted by Crippen LogP contribution is -2.08. The first-order valence-electron chi connectivity index (χ1n) is 4.96. The molecule has 1 saturated heterocycles. The molecule has 0 aliphatic carbocycles. The summed E-state index contributed by atoms with van der Waals surface area (Å²) in [5.74, 6) is 1.03. The number of halogens is 1. The summed E-state index contributed by atoms with van der Waals surface area (Å²) in [6, 6.07) is 8.33. The maximum absolute atomic E-state index is 5.37. The van der Waals surface area contributed by atoms with E-state index in [9.17, 15) is 0 Å². The highest BCUT2D eigenvalue weighted by Crippen LogP contribution is 2.23. The molecule has 0 spiro atoms. The summed E-state index contributed by atoms with van der Waals surface area (Å²) < 4.78 is 11.9. The highest BCUT2D eigenvalue weighted by Gasteiger charge is 2.14. The van der Waals surface area contributed by atoms with Gasteiger partial charge in [0.05, 0.1) is 13.2 Å². The van der Waals surface area contributed by atoms with Crippen molar-refractivity contribution in [1.29, 1.82) is 0 Å². The molecular weight excluding hydrogens is 276 g/mol. The molecule has 2 nitrogen and oxygen atoms in total. The Morgan fingerprint density at radius 2 is 2.13 bits per heavy atom. The van der Waals surface area contributed by atoms with Gasteiger partial charge in [-0.2, -0.15) is 0 Å². The lowest BCUT2D eigenvalue weighted by atomic mass is 10.4. The quantitative estimate of drug-likeness (QED) is 0.792. The van der Waals surface area contributed by atoms with E-state index in [0.29, 0.717) is 0 Å². The van der Waals surface area contributed by atoms with Gasteiger partial charge in [0.15, 0.2) is 6.29 Å². The minimum absolute atomic E-state index is 0.0182. The number of hydrogen-bond donors (Lipinski definition) is 0. The minimum Gasteiger partial charge on any atom is -0.350 e. The number of benzene rings is 1. The predicted octanol–water partition coefficient (Wildman–Crippen LogP) is 3.30. The molecule has 1 fully saturated rings. The zero-order valence-corrected chi connectivity index (χ0v) is 10.7. The van der Waals surface area contributed by atoms with Crippen molar-refractivity contribution in [3.63, 3.8) is 0 Å². The molecule has 1 aromatic rings. The van der Waals surface area contributed by atoms with Gasteiger partial charge in [0.1, 0.15) is 0 Å². The molecule has 1 heterocycles. The van der Waals surface area contributed by atoms with Crippen molar-refractivity contribution in [2.24, 2.45) is 0 Å². The van der Waals surface area contributed by atoms with Gasteiger partial charge < -0.3 is 9.47 Å². The van der Waals surface area contributed by atoms with E-state index < -0.39 is 0 Å². The highest BCUT2D eigenvalue weighted by atomic mass is 79.9. The molecule has 1 aliphatic rings. The van der Waals surface area contributed by atoms with Crippen molar-refractivity contribution in [1.82, 2.24) is 0 Å². The Balaban J connectivity index is 1.73. The normalized spacial score (nSPS) is 17.1. The van der Waals surface area contributed by atoms with Crippen LogP contribution in [0.2, 0.25) is 0 Å². The maximum atomic E-state index is 5.37. The topological polar surface area (TPSA) is 18.5 Å². The fourth-order valence-electron chi connectivity index (χ4n) is 1.40. The van der Waals surface area contributed by atoms with Crippen LogP contribution in [-0.4, -0.2) is 25.3 Å². The fourth-order valence-corrected chi connectivity index (χ4v) is 2.89. The van der Waals surface area contributed by atoms with E-state index >= 15 is 0 Å². The average Bonchev–Trinajstić information content (AvgIpc) is 2.71. The van der Waals surface area contributed by atoms with Gasteiger partial charge in [0.2, 0.25) is 0 Å². The van der Waals surface area contributed by atoms with Gasteiger partial charge >= 0.3 is 0 Å². The average molecular weight is 289 g/mol. The zero-order valence-electron chi connectivity index (χ0n) is 8.32. The molecular formula is C11H13BrO2S. The largest absolute Gasteiger partial charge is 0.350 e. The van der Waals surface area contributed by atoms with Crippen LogP contribution < -0.4 is 0 Å². The Morgan fingerprint density at radius 3 is 2.87 bits per heavy atom. The minimum atomic E-state index is 0.0182. The fraction of sp³-hybridized carbons (Fsp3) is 0.455. The summed E-state index contributed by atoms with van der Waals surface area (Å²) in [6.07, 6.45) is 0.974. The predicted molar refractivity (Wildman–Crippen MR) is 65.2 cm³/mol. The molecule has 1 aliphatic heterocycles. The third-order valence-electron chi connectivity index (χ3n) is 2.11. The van der Waals surface area contributed by atoms with Gasteiger partial charge in [-0.25, -0.2) is 0 Å². The lowest BCUT2D eigenvalue weighted by Gasteiger charge is -2.08. The van der Waals surface area contributed by atoms with E-state index in [1.807, 2.05) is 17.8 Å². The standard InChI is InChI=1S/C11H13BrO2S/c12-9-2-1-3-10(8-9)15-7-4-11-13-5-6-14-11/h1-3,8,11H,4-7H2. The molecule has 0 unspecified atom stereocenters. The van der Waals surface area contributed by atoms with Crippen molar-refractivity contribution < 1.29 is 9.47 Å². The van der Waals surface area contributed by atoms with Gasteiger partial charge in [-0.15, -0.1) is 11.8 Å². The Morgan fingerprint density at radius 1 is 1.33 bits per heavy atom. The van der Waals surface area contributed by atoms with E-state index in [-0.39, 0.29) is 6.29 Å². The molecule has 0 N–H and O–H groups in total. The number of rotatable bonds is 4. The monoisotopic (exact) mass is 288 g/mol. The van der Waals surface area contributed by atoms with Crippen molar-refractivity contribution in [3.05, 3.63) is 28.7 Å². The van der Waals surface area contributed by atoms with Crippen LogP contribution in [0.25, 0.3) is 0 Å². The van der Waals surface area contributed by atoms with Crippen LogP contribution in [0.4, 0.5) is 0 Å². The molecule has 0 radical (unpaired) electrons.